The first kappa shape index (κ1) is 45.7. The Morgan fingerprint density at radius 1 is 0.645 bits per heavy atom. The fourth-order valence-electron chi connectivity index (χ4n) is 15.8. The Balaban J connectivity index is 1.14. The van der Waals surface area contributed by atoms with Crippen LogP contribution in [0.2, 0.25) is 0 Å². The number of carboxylic acids is 2. The number of rotatable bonds is 8. The van der Waals surface area contributed by atoms with Gasteiger partial charge in [-0.15, -0.1) is 0 Å². The number of hydrogen-bond donors (Lipinski definition) is 4. The first-order chi connectivity index (χ1) is 28.9. The lowest BCUT2D eigenvalue weighted by molar-refractivity contribution is -0.212. The van der Waals surface area contributed by atoms with E-state index in [1.165, 1.54) is 51.0 Å². The molecular weight excluding hydrogens is 853 g/mol. The number of allylic oxidation sites excluding steroid dienone is 4. The summed E-state index contributed by atoms with van der Waals surface area (Å²) >= 11 is 0. The van der Waals surface area contributed by atoms with Crippen molar-refractivity contribution in [1.82, 2.24) is 0 Å². The van der Waals surface area contributed by atoms with E-state index in [-0.39, 0.29) is 62.5 Å². The highest BCUT2D eigenvalue weighted by atomic mass is 33.1. The van der Waals surface area contributed by atoms with Crippen LogP contribution >= 0.6 is 21.6 Å². The molecule has 0 radical (unpaired) electrons. The normalized spacial score (nSPS) is 50.8. The van der Waals surface area contributed by atoms with Crippen LogP contribution in [0.3, 0.4) is 0 Å². The lowest BCUT2D eigenvalue weighted by Crippen LogP contribution is -2.69. The van der Waals surface area contributed by atoms with Crippen molar-refractivity contribution in [3.8, 4) is 0 Å². The number of hydrogen-bond acceptors (Lipinski definition) is 10. The molecule has 8 aliphatic rings. The first-order valence-electron chi connectivity index (χ1n) is 21.8. The second-order valence-corrected chi connectivity index (χ2v) is 22.9. The molecule has 16 heteroatoms. The fourth-order valence-corrected chi connectivity index (χ4v) is 18.7. The second kappa shape index (κ2) is 14.8. The van der Waals surface area contributed by atoms with Gasteiger partial charge < -0.3 is 29.9 Å². The number of ether oxygens (including phenoxy) is 2. The predicted octanol–water partition coefficient (Wildman–Crippen LogP) is 8.98. The number of carboxylic acid groups (broad SMARTS) is 2. The average Bonchev–Trinajstić information content (AvgIpc) is 3.56. The zero-order valence-electron chi connectivity index (χ0n) is 35.9. The van der Waals surface area contributed by atoms with Crippen LogP contribution in [-0.2, 0) is 28.7 Å². The van der Waals surface area contributed by atoms with E-state index < -0.39 is 139 Å². The van der Waals surface area contributed by atoms with Gasteiger partial charge in [0.2, 0.25) is 10.2 Å². The lowest BCUT2D eigenvalue weighted by Gasteiger charge is -2.63. The zero-order chi connectivity index (χ0) is 45.4. The van der Waals surface area contributed by atoms with Gasteiger partial charge in [0.05, 0.1) is 48.1 Å². The third-order valence-corrected chi connectivity index (χ3v) is 21.2. The Morgan fingerprint density at radius 2 is 1.00 bits per heavy atom. The minimum Gasteiger partial charge on any atom is -0.481 e. The first-order valence-corrected chi connectivity index (χ1v) is 24.0. The van der Waals surface area contributed by atoms with Crippen molar-refractivity contribution in [1.29, 1.82) is 0 Å². The van der Waals surface area contributed by atoms with E-state index in [4.69, 9.17) is 9.47 Å². The monoisotopic (exact) mass is 910 g/mol. The number of carbonyl (C=O) groups is 4. The van der Waals surface area contributed by atoms with Crippen molar-refractivity contribution in [2.24, 2.45) is 68.0 Å². The molecule has 0 amide bonds. The molecule has 8 rings (SSSR count). The van der Waals surface area contributed by atoms with Crippen molar-refractivity contribution < 1.29 is 66.6 Å². The molecule has 2 aliphatic heterocycles. The van der Waals surface area contributed by atoms with E-state index in [9.17, 15) is 30.0 Å². The number of carbonyl (C=O) groups excluding carboxylic acids is 2. The maximum absolute atomic E-state index is 18.0. The molecule has 0 saturated heterocycles. The largest absolute Gasteiger partial charge is 0.481 e. The highest BCUT2D eigenvalue weighted by Crippen LogP contribution is 2.77. The minimum absolute atomic E-state index is 0.0759. The number of fused-ring (bicyclic) bond motifs is 10. The van der Waals surface area contributed by atoms with Gasteiger partial charge in [-0.3, -0.25) is 19.2 Å². The van der Waals surface area contributed by atoms with Crippen LogP contribution in [0.5, 0.6) is 0 Å². The van der Waals surface area contributed by atoms with Crippen LogP contribution in [-0.4, -0.2) is 78.5 Å². The summed E-state index contributed by atoms with van der Waals surface area (Å²) in [6.45, 7) is 10.1. The summed E-state index contributed by atoms with van der Waals surface area (Å²) in [7, 11) is 1.22. The summed E-state index contributed by atoms with van der Waals surface area (Å²) in [5, 5.41) is 42.9. The van der Waals surface area contributed by atoms with Gasteiger partial charge in [-0.2, -0.15) is 0 Å². The maximum Gasteiger partial charge on any atom is 0.303 e. The summed E-state index contributed by atoms with van der Waals surface area (Å²) in [5.41, 5.74) is -13.2. The SMILES string of the molecule is C[C@@H]1CC2C3C[C@H](F)C4=COC=C[C@]4(C)[C@@]3(F)[C@@H](O)C[C@]2(C)[C@]1(CCC(=O)O)C(=O)SSC(=O)[C@@]1(CCC(=O)O)[C@@H](C)CC2C3C[C@@H](F)C4=COC=C[C@]4(C)[C@]3(F)[C@H](O)C[C@@]21C. The molecule has 0 spiro atoms. The molecule has 18 atom stereocenters. The van der Waals surface area contributed by atoms with Gasteiger partial charge >= 0.3 is 11.9 Å². The van der Waals surface area contributed by atoms with Crippen LogP contribution < -0.4 is 0 Å². The van der Waals surface area contributed by atoms with Gasteiger partial charge in [-0.25, -0.2) is 17.6 Å². The predicted molar refractivity (Wildman–Crippen MR) is 222 cm³/mol. The van der Waals surface area contributed by atoms with Crippen LogP contribution in [0.15, 0.2) is 48.3 Å². The van der Waals surface area contributed by atoms with Crippen LogP contribution in [0.25, 0.3) is 0 Å². The number of aliphatic hydroxyl groups is 2. The summed E-state index contributed by atoms with van der Waals surface area (Å²) < 4.78 is 78.7. The van der Waals surface area contributed by atoms with Crippen molar-refractivity contribution in [2.45, 2.75) is 142 Å². The topological polar surface area (TPSA) is 168 Å². The molecule has 4 unspecified atom stereocenters. The van der Waals surface area contributed by atoms with Gasteiger partial charge in [0.15, 0.2) is 11.3 Å². The van der Waals surface area contributed by atoms with Crippen molar-refractivity contribution in [3.63, 3.8) is 0 Å². The lowest BCUT2D eigenvalue weighted by atomic mass is 9.43. The molecule has 6 aliphatic carbocycles. The Bertz CT molecular complexity index is 1920. The molecule has 10 nitrogen and oxygen atoms in total. The van der Waals surface area contributed by atoms with Crippen LogP contribution in [0.4, 0.5) is 17.6 Å². The molecule has 2 heterocycles. The standard InChI is InChI=1S/C46H58F4O10S2/c1-23-15-25-27-17-31(47)29-21-59-13-11-39(29,3)45(27,49)33(51)19-41(25,5)43(23,9-7-35(53)54)37(57)61-62-38(58)44(10-8-36(55)56)24(2)16-26-28-18-32(48)30-22-60-14-12-40(30,4)46(28,50)34(52)20-42(26,44)6/h11-14,21-28,31-34,51-52H,7-10,15-20H2,1-6H3,(H,53,54)(H,55,56)/t23-,24+,25?,26?,27?,28?,31+,32-,33+,34-,39-,40-,41-,42-,43+,44-,45+,46-/m0/s1. The Kier molecular flexibility index (Phi) is 11.0. The number of aliphatic carboxylic acids is 2. The number of alkyl halides is 4. The van der Waals surface area contributed by atoms with E-state index in [1.807, 2.05) is 0 Å². The molecule has 0 aromatic rings. The molecule has 0 bridgehead atoms. The molecular formula is C46H58F4O10S2. The zero-order valence-corrected chi connectivity index (χ0v) is 37.5. The van der Waals surface area contributed by atoms with Gasteiger partial charge in [0.25, 0.3) is 0 Å². The van der Waals surface area contributed by atoms with Gasteiger partial charge in [0.1, 0.15) is 12.3 Å². The summed E-state index contributed by atoms with van der Waals surface area (Å²) in [5.74, 6) is -7.02. The van der Waals surface area contributed by atoms with Gasteiger partial charge in [0, 0.05) is 46.7 Å². The molecule has 6 fully saturated rings. The van der Waals surface area contributed by atoms with Crippen molar-refractivity contribution in [2.75, 3.05) is 0 Å². The maximum atomic E-state index is 18.0. The average molecular weight is 911 g/mol. The number of halogens is 4. The Hall–Kier alpha value is -2.82. The Morgan fingerprint density at radius 3 is 1.34 bits per heavy atom. The fraction of sp³-hybridized carbons (Fsp3) is 0.739. The Labute approximate surface area is 367 Å². The van der Waals surface area contributed by atoms with E-state index in [0.29, 0.717) is 21.6 Å². The van der Waals surface area contributed by atoms with E-state index in [2.05, 4.69) is 0 Å². The van der Waals surface area contributed by atoms with Crippen LogP contribution in [0.1, 0.15) is 106 Å². The van der Waals surface area contributed by atoms with Crippen LogP contribution in [0, 0.1) is 68.0 Å². The molecule has 62 heavy (non-hydrogen) atoms. The second-order valence-electron chi connectivity index (χ2n) is 20.8. The highest BCUT2D eigenvalue weighted by Gasteiger charge is 2.79. The highest BCUT2D eigenvalue weighted by molar-refractivity contribution is 8.87. The van der Waals surface area contributed by atoms with E-state index in [0.717, 1.165) is 0 Å². The molecule has 4 N–H and O–H groups in total. The third kappa shape index (κ3) is 5.56. The molecule has 0 aromatic carbocycles. The van der Waals surface area contributed by atoms with Crippen molar-refractivity contribution >= 4 is 43.8 Å². The van der Waals surface area contributed by atoms with E-state index in [1.54, 1.807) is 27.7 Å². The van der Waals surface area contributed by atoms with Gasteiger partial charge in [-0.05, 0) is 133 Å². The van der Waals surface area contributed by atoms with Gasteiger partial charge in [-0.1, -0.05) is 27.7 Å². The summed E-state index contributed by atoms with van der Waals surface area (Å²) in [6.07, 6.45) is -0.748. The summed E-state index contributed by atoms with van der Waals surface area (Å²) in [4.78, 5) is 55.0. The molecule has 342 valence electrons. The third-order valence-electron chi connectivity index (χ3n) is 19.0. The molecule has 0 aromatic heterocycles. The van der Waals surface area contributed by atoms with Crippen molar-refractivity contribution in [3.05, 3.63) is 48.3 Å². The summed E-state index contributed by atoms with van der Waals surface area (Å²) in [6, 6.07) is 0. The minimum atomic E-state index is -2.35. The smallest absolute Gasteiger partial charge is 0.303 e. The quantitative estimate of drug-likeness (QED) is 0.135. The molecule has 6 saturated carbocycles. The number of aliphatic hydroxyl groups excluding tert-OH is 2. The van der Waals surface area contributed by atoms with E-state index >= 15 is 27.2 Å².